The van der Waals surface area contributed by atoms with Crippen molar-refractivity contribution in [1.29, 1.82) is 0 Å². The van der Waals surface area contributed by atoms with Gasteiger partial charge in [0.05, 0.1) is 5.41 Å². The van der Waals surface area contributed by atoms with Crippen molar-refractivity contribution >= 4 is 29.9 Å². The highest BCUT2D eigenvalue weighted by atomic mass is 35.5. The monoisotopic (exact) mass is 342 g/mol. The summed E-state index contributed by atoms with van der Waals surface area (Å²) < 4.78 is 0. The van der Waals surface area contributed by atoms with Crippen molar-refractivity contribution in [2.75, 3.05) is 26.2 Å². The molecule has 122 valence electrons. The van der Waals surface area contributed by atoms with Gasteiger partial charge in [0, 0.05) is 24.7 Å². The summed E-state index contributed by atoms with van der Waals surface area (Å²) in [4.78, 5) is 15.3. The number of nitrogens with one attached hydrogen (secondary N) is 1. The molecule has 0 atom stereocenters. The molecule has 1 saturated heterocycles. The van der Waals surface area contributed by atoms with Crippen molar-refractivity contribution in [2.45, 2.75) is 37.5 Å². The Bertz CT molecular complexity index is 490. The van der Waals surface area contributed by atoms with Crippen LogP contribution in [0.25, 0.3) is 0 Å². The predicted molar refractivity (Wildman–Crippen MR) is 92.9 cm³/mol. The van der Waals surface area contributed by atoms with Crippen LogP contribution in [0.15, 0.2) is 24.3 Å². The standard InChI is InChI=1S/C17H23ClN2O.ClH/c18-15-6-4-14(5-7-15)17(8-1-2-9-17)16(21)20-12-3-10-19-11-13-20;/h4-7,19H,1-3,8-13H2;1H. The summed E-state index contributed by atoms with van der Waals surface area (Å²) in [7, 11) is 0. The van der Waals surface area contributed by atoms with Crippen molar-refractivity contribution in [3.8, 4) is 0 Å². The minimum Gasteiger partial charge on any atom is -0.341 e. The van der Waals surface area contributed by atoms with E-state index in [1.165, 1.54) is 0 Å². The number of hydrogen-bond donors (Lipinski definition) is 1. The highest BCUT2D eigenvalue weighted by molar-refractivity contribution is 6.30. The molecule has 1 aromatic rings. The fourth-order valence-electron chi connectivity index (χ4n) is 3.72. The lowest BCUT2D eigenvalue weighted by molar-refractivity contribution is -0.137. The van der Waals surface area contributed by atoms with Gasteiger partial charge in [-0.15, -0.1) is 12.4 Å². The Morgan fingerprint density at radius 3 is 2.41 bits per heavy atom. The number of rotatable bonds is 2. The van der Waals surface area contributed by atoms with Crippen LogP contribution >= 0.6 is 24.0 Å². The van der Waals surface area contributed by atoms with Gasteiger partial charge in [0.1, 0.15) is 0 Å². The van der Waals surface area contributed by atoms with Crippen LogP contribution in [-0.2, 0) is 10.2 Å². The van der Waals surface area contributed by atoms with Crippen LogP contribution in [0.2, 0.25) is 5.02 Å². The maximum absolute atomic E-state index is 13.2. The number of carbonyl (C=O) groups is 1. The topological polar surface area (TPSA) is 32.3 Å². The van der Waals surface area contributed by atoms with Crippen LogP contribution in [-0.4, -0.2) is 37.0 Å². The number of nitrogens with zero attached hydrogens (tertiary/aromatic N) is 1. The third kappa shape index (κ3) is 3.42. The third-order valence-corrected chi connectivity index (χ3v) is 5.14. The molecule has 0 unspecified atom stereocenters. The van der Waals surface area contributed by atoms with Gasteiger partial charge in [-0.25, -0.2) is 0 Å². The molecule has 2 aliphatic rings. The van der Waals surface area contributed by atoms with E-state index in [9.17, 15) is 4.79 Å². The van der Waals surface area contributed by atoms with E-state index >= 15 is 0 Å². The molecule has 1 aliphatic carbocycles. The van der Waals surface area contributed by atoms with Gasteiger partial charge in [0.25, 0.3) is 0 Å². The van der Waals surface area contributed by atoms with Gasteiger partial charge in [-0.1, -0.05) is 36.6 Å². The van der Waals surface area contributed by atoms with Gasteiger partial charge in [-0.05, 0) is 43.5 Å². The Morgan fingerprint density at radius 1 is 1.05 bits per heavy atom. The fourth-order valence-corrected chi connectivity index (χ4v) is 3.85. The summed E-state index contributed by atoms with van der Waals surface area (Å²) in [6.07, 6.45) is 5.26. The molecule has 1 N–H and O–H groups in total. The molecule has 1 heterocycles. The first-order valence-corrected chi connectivity index (χ1v) is 8.36. The maximum Gasteiger partial charge on any atom is 0.233 e. The first-order chi connectivity index (χ1) is 10.2. The zero-order valence-corrected chi connectivity index (χ0v) is 14.4. The molecule has 22 heavy (non-hydrogen) atoms. The second-order valence-electron chi connectivity index (χ2n) is 6.19. The SMILES string of the molecule is Cl.O=C(N1CCCNCC1)C1(c2ccc(Cl)cc2)CCCC1. The Morgan fingerprint density at radius 2 is 1.73 bits per heavy atom. The van der Waals surface area contributed by atoms with E-state index in [1.54, 1.807) is 0 Å². The second-order valence-corrected chi connectivity index (χ2v) is 6.63. The number of hydrogen-bond acceptors (Lipinski definition) is 2. The lowest BCUT2D eigenvalue weighted by atomic mass is 9.77. The Labute approximate surface area is 143 Å². The Balaban J connectivity index is 0.00000176. The fraction of sp³-hybridized carbons (Fsp3) is 0.588. The minimum absolute atomic E-state index is 0. The van der Waals surface area contributed by atoms with E-state index < -0.39 is 0 Å². The second kappa shape index (κ2) is 7.67. The predicted octanol–water partition coefficient (Wildman–Crippen LogP) is 3.40. The molecule has 3 nitrogen and oxygen atoms in total. The van der Waals surface area contributed by atoms with Gasteiger partial charge in [-0.3, -0.25) is 4.79 Å². The lowest BCUT2D eigenvalue weighted by Gasteiger charge is -2.34. The quantitative estimate of drug-likeness (QED) is 0.893. The van der Waals surface area contributed by atoms with E-state index in [2.05, 4.69) is 10.2 Å². The Hall–Kier alpha value is -0.770. The molecule has 2 fully saturated rings. The largest absolute Gasteiger partial charge is 0.341 e. The minimum atomic E-state index is -0.311. The van der Waals surface area contributed by atoms with E-state index in [4.69, 9.17) is 11.6 Å². The summed E-state index contributed by atoms with van der Waals surface area (Å²) in [5.74, 6) is 0.325. The van der Waals surface area contributed by atoms with Crippen LogP contribution in [0.4, 0.5) is 0 Å². The molecule has 0 bridgehead atoms. The van der Waals surface area contributed by atoms with Gasteiger partial charge < -0.3 is 10.2 Å². The molecule has 5 heteroatoms. The maximum atomic E-state index is 13.2. The third-order valence-electron chi connectivity index (χ3n) is 4.89. The normalized spacial score (nSPS) is 21.0. The van der Waals surface area contributed by atoms with E-state index in [1.807, 2.05) is 24.3 Å². The first-order valence-electron chi connectivity index (χ1n) is 7.98. The van der Waals surface area contributed by atoms with E-state index in [-0.39, 0.29) is 17.8 Å². The smallest absolute Gasteiger partial charge is 0.233 e. The van der Waals surface area contributed by atoms with Gasteiger partial charge in [0.2, 0.25) is 5.91 Å². The average molecular weight is 343 g/mol. The van der Waals surface area contributed by atoms with E-state index in [0.717, 1.165) is 68.9 Å². The van der Waals surface area contributed by atoms with Gasteiger partial charge >= 0.3 is 0 Å². The van der Waals surface area contributed by atoms with Gasteiger partial charge in [0.15, 0.2) is 0 Å². The zero-order chi connectivity index (χ0) is 14.7. The van der Waals surface area contributed by atoms with Crippen molar-refractivity contribution in [2.24, 2.45) is 0 Å². The van der Waals surface area contributed by atoms with Crippen molar-refractivity contribution in [1.82, 2.24) is 10.2 Å². The molecular weight excluding hydrogens is 319 g/mol. The van der Waals surface area contributed by atoms with Crippen LogP contribution in [0.3, 0.4) is 0 Å². The van der Waals surface area contributed by atoms with Crippen LogP contribution in [0.1, 0.15) is 37.7 Å². The van der Waals surface area contributed by atoms with Crippen molar-refractivity contribution < 1.29 is 4.79 Å². The first kappa shape index (κ1) is 17.6. The van der Waals surface area contributed by atoms with E-state index in [0.29, 0.717) is 5.91 Å². The molecule has 3 rings (SSSR count). The molecular formula is C17H24Cl2N2O. The highest BCUT2D eigenvalue weighted by Gasteiger charge is 2.44. The molecule has 1 amide bonds. The Kier molecular flexibility index (Phi) is 6.13. The lowest BCUT2D eigenvalue weighted by Crippen LogP contribution is -2.46. The van der Waals surface area contributed by atoms with Gasteiger partial charge in [-0.2, -0.15) is 0 Å². The number of amides is 1. The average Bonchev–Trinajstić information content (AvgIpc) is 2.84. The molecule has 0 aromatic heterocycles. The summed E-state index contributed by atoms with van der Waals surface area (Å²) in [6.45, 7) is 3.62. The summed E-state index contributed by atoms with van der Waals surface area (Å²) >= 11 is 6.01. The number of halogens is 2. The molecule has 1 aromatic carbocycles. The molecule has 1 saturated carbocycles. The van der Waals surface area contributed by atoms with Crippen molar-refractivity contribution in [3.63, 3.8) is 0 Å². The summed E-state index contributed by atoms with van der Waals surface area (Å²) in [6, 6.07) is 7.91. The van der Waals surface area contributed by atoms with Crippen LogP contribution < -0.4 is 5.32 Å². The summed E-state index contributed by atoms with van der Waals surface area (Å²) in [5, 5.41) is 4.11. The van der Waals surface area contributed by atoms with Crippen LogP contribution in [0, 0.1) is 0 Å². The number of benzene rings is 1. The van der Waals surface area contributed by atoms with Crippen molar-refractivity contribution in [3.05, 3.63) is 34.9 Å². The number of carbonyl (C=O) groups excluding carboxylic acids is 1. The van der Waals surface area contributed by atoms with Crippen LogP contribution in [0.5, 0.6) is 0 Å². The molecule has 0 spiro atoms. The summed E-state index contributed by atoms with van der Waals surface area (Å²) in [5.41, 5.74) is 0.834. The molecule has 0 radical (unpaired) electrons. The zero-order valence-electron chi connectivity index (χ0n) is 12.8. The highest BCUT2D eigenvalue weighted by Crippen LogP contribution is 2.43. The molecule has 1 aliphatic heterocycles.